The molecular formula is C17H22N4O2S. The minimum absolute atomic E-state index is 0.120. The molecule has 0 saturated carbocycles. The van der Waals surface area contributed by atoms with Gasteiger partial charge >= 0.3 is 0 Å². The van der Waals surface area contributed by atoms with Crippen molar-refractivity contribution in [1.82, 2.24) is 9.88 Å². The molecule has 6 rings (SSSR count). The molecule has 2 bridgehead atoms. The number of aromatic nitrogens is 1. The third-order valence-corrected chi connectivity index (χ3v) is 6.81. The van der Waals surface area contributed by atoms with E-state index in [0.717, 1.165) is 34.2 Å². The SMILES string of the molecule is COc1ccc2nc(N3CC4(CN5CCC4CC5)OC3N)sc2c1. The molecule has 5 heterocycles. The summed E-state index contributed by atoms with van der Waals surface area (Å²) in [5, 5.41) is 0.944. The number of fused-ring (bicyclic) bond motifs is 3. The Balaban J connectivity index is 1.47. The molecule has 0 radical (unpaired) electrons. The molecule has 7 heteroatoms. The van der Waals surface area contributed by atoms with Gasteiger partial charge in [-0.2, -0.15) is 0 Å². The van der Waals surface area contributed by atoms with Crippen LogP contribution in [-0.4, -0.2) is 55.1 Å². The molecule has 6 nitrogen and oxygen atoms in total. The highest BCUT2D eigenvalue weighted by Crippen LogP contribution is 2.44. The number of methoxy groups -OCH3 is 1. The van der Waals surface area contributed by atoms with Crippen LogP contribution < -0.4 is 15.4 Å². The molecule has 1 spiro atoms. The zero-order valence-electron chi connectivity index (χ0n) is 13.8. The van der Waals surface area contributed by atoms with Crippen molar-refractivity contribution in [2.45, 2.75) is 24.8 Å². The highest BCUT2D eigenvalue weighted by Gasteiger charge is 2.54. The van der Waals surface area contributed by atoms with Crippen LogP contribution in [0.5, 0.6) is 5.75 Å². The van der Waals surface area contributed by atoms with Crippen molar-refractivity contribution >= 4 is 26.7 Å². The number of nitrogens with zero attached hydrogens (tertiary/aromatic N) is 3. The number of thiazole rings is 1. The lowest BCUT2D eigenvalue weighted by Crippen LogP contribution is -2.61. The van der Waals surface area contributed by atoms with E-state index in [1.165, 1.54) is 25.9 Å². The normalized spacial score (nSPS) is 35.2. The summed E-state index contributed by atoms with van der Waals surface area (Å²) < 4.78 is 12.8. The molecule has 128 valence electrons. The molecule has 2 N–H and O–H groups in total. The molecule has 2 aromatic rings. The number of rotatable bonds is 2. The van der Waals surface area contributed by atoms with E-state index in [9.17, 15) is 0 Å². The zero-order chi connectivity index (χ0) is 16.3. The fraction of sp³-hybridized carbons (Fsp3) is 0.588. The second kappa shape index (κ2) is 5.29. The number of benzene rings is 1. The van der Waals surface area contributed by atoms with Crippen molar-refractivity contribution in [2.24, 2.45) is 11.7 Å². The Morgan fingerprint density at radius 1 is 1.33 bits per heavy atom. The van der Waals surface area contributed by atoms with Gasteiger partial charge in [0.2, 0.25) is 0 Å². The first-order valence-electron chi connectivity index (χ1n) is 8.54. The summed E-state index contributed by atoms with van der Waals surface area (Å²) >= 11 is 1.66. The van der Waals surface area contributed by atoms with E-state index in [1.54, 1.807) is 18.4 Å². The van der Waals surface area contributed by atoms with Gasteiger partial charge < -0.3 is 19.3 Å². The molecule has 4 aliphatic rings. The largest absolute Gasteiger partial charge is 0.497 e. The van der Waals surface area contributed by atoms with Crippen LogP contribution in [0.1, 0.15) is 12.8 Å². The maximum absolute atomic E-state index is 6.35. The van der Waals surface area contributed by atoms with Crippen molar-refractivity contribution in [2.75, 3.05) is 38.2 Å². The summed E-state index contributed by atoms with van der Waals surface area (Å²) in [6, 6.07) is 5.98. The highest BCUT2D eigenvalue weighted by molar-refractivity contribution is 7.22. The van der Waals surface area contributed by atoms with Gasteiger partial charge in [-0.25, -0.2) is 4.98 Å². The second-order valence-electron chi connectivity index (χ2n) is 7.08. The Labute approximate surface area is 145 Å². The standard InChI is InChI=1S/C17H22N4O2S/c1-22-12-2-3-13-14(8-12)24-16(19-13)21-10-17(23-15(21)18)9-20-6-4-11(17)5-7-20/h2-3,8,11,15H,4-7,9-10,18H2,1H3. The van der Waals surface area contributed by atoms with E-state index < -0.39 is 6.35 Å². The Morgan fingerprint density at radius 2 is 2.17 bits per heavy atom. The molecule has 0 aliphatic carbocycles. The fourth-order valence-electron chi connectivity index (χ4n) is 4.48. The van der Waals surface area contributed by atoms with Crippen molar-refractivity contribution in [3.05, 3.63) is 18.2 Å². The van der Waals surface area contributed by atoms with Gasteiger partial charge in [0, 0.05) is 6.54 Å². The monoisotopic (exact) mass is 346 g/mol. The fourth-order valence-corrected chi connectivity index (χ4v) is 5.50. The molecule has 4 saturated heterocycles. The number of piperidine rings is 3. The average Bonchev–Trinajstić information content (AvgIpc) is 3.16. The van der Waals surface area contributed by atoms with Gasteiger partial charge in [0.1, 0.15) is 11.4 Å². The third kappa shape index (κ3) is 2.15. The van der Waals surface area contributed by atoms with Crippen molar-refractivity contribution in [3.63, 3.8) is 0 Å². The maximum Gasteiger partial charge on any atom is 0.189 e. The summed E-state index contributed by atoms with van der Waals surface area (Å²) in [7, 11) is 1.69. The predicted octanol–water partition coefficient (Wildman–Crippen LogP) is 1.85. The van der Waals surface area contributed by atoms with E-state index in [-0.39, 0.29) is 5.60 Å². The summed E-state index contributed by atoms with van der Waals surface area (Å²) in [6.45, 7) is 4.24. The maximum atomic E-state index is 6.35. The average molecular weight is 346 g/mol. The molecule has 4 fully saturated rings. The van der Waals surface area contributed by atoms with E-state index >= 15 is 0 Å². The van der Waals surface area contributed by atoms with E-state index in [0.29, 0.717) is 5.92 Å². The van der Waals surface area contributed by atoms with Gasteiger partial charge in [-0.05, 0) is 50.0 Å². The third-order valence-electron chi connectivity index (χ3n) is 5.75. The minimum atomic E-state index is -0.409. The highest BCUT2D eigenvalue weighted by atomic mass is 32.1. The van der Waals surface area contributed by atoms with Gasteiger partial charge in [0.15, 0.2) is 11.5 Å². The predicted molar refractivity (Wildman–Crippen MR) is 94.5 cm³/mol. The molecule has 2 unspecified atom stereocenters. The van der Waals surface area contributed by atoms with Crippen LogP contribution in [0, 0.1) is 5.92 Å². The Hall–Kier alpha value is -1.41. The lowest BCUT2D eigenvalue weighted by molar-refractivity contribution is -0.137. The van der Waals surface area contributed by atoms with Crippen molar-refractivity contribution < 1.29 is 9.47 Å². The lowest BCUT2D eigenvalue weighted by Gasteiger charge is -2.50. The first-order valence-corrected chi connectivity index (χ1v) is 9.35. The summed E-state index contributed by atoms with van der Waals surface area (Å²) in [5.74, 6) is 1.47. The Kier molecular flexibility index (Phi) is 3.28. The molecule has 2 atom stereocenters. The van der Waals surface area contributed by atoms with Crippen LogP contribution in [-0.2, 0) is 4.74 Å². The number of ether oxygens (including phenoxy) is 2. The topological polar surface area (TPSA) is 63.8 Å². The Morgan fingerprint density at radius 3 is 2.88 bits per heavy atom. The number of hydrogen-bond acceptors (Lipinski definition) is 7. The van der Waals surface area contributed by atoms with Gasteiger partial charge in [-0.15, -0.1) is 0 Å². The van der Waals surface area contributed by atoms with Crippen LogP contribution in [0.2, 0.25) is 0 Å². The van der Waals surface area contributed by atoms with Gasteiger partial charge in [0.25, 0.3) is 0 Å². The summed E-state index contributed by atoms with van der Waals surface area (Å²) in [5.41, 5.74) is 7.22. The molecular weight excluding hydrogens is 324 g/mol. The zero-order valence-corrected chi connectivity index (χ0v) is 14.6. The van der Waals surface area contributed by atoms with Gasteiger partial charge in [-0.1, -0.05) is 11.3 Å². The quantitative estimate of drug-likeness (QED) is 0.895. The molecule has 1 aromatic heterocycles. The van der Waals surface area contributed by atoms with Crippen molar-refractivity contribution in [3.8, 4) is 5.75 Å². The molecule has 0 amide bonds. The van der Waals surface area contributed by atoms with E-state index in [4.69, 9.17) is 20.2 Å². The number of hydrogen-bond donors (Lipinski definition) is 1. The first-order chi connectivity index (χ1) is 11.7. The second-order valence-corrected chi connectivity index (χ2v) is 8.09. The van der Waals surface area contributed by atoms with Crippen LogP contribution in [0.15, 0.2) is 18.2 Å². The van der Waals surface area contributed by atoms with E-state index in [2.05, 4.69) is 9.80 Å². The van der Waals surface area contributed by atoms with Gasteiger partial charge in [-0.3, -0.25) is 5.73 Å². The Bertz CT molecular complexity index is 773. The van der Waals surface area contributed by atoms with E-state index in [1.807, 2.05) is 18.2 Å². The number of nitrogens with two attached hydrogens (primary N) is 1. The minimum Gasteiger partial charge on any atom is -0.497 e. The van der Waals surface area contributed by atoms with Gasteiger partial charge in [0.05, 0.1) is 23.9 Å². The summed E-state index contributed by atoms with van der Waals surface area (Å²) in [6.07, 6.45) is 2.03. The summed E-state index contributed by atoms with van der Waals surface area (Å²) in [4.78, 5) is 9.43. The first kappa shape index (κ1) is 14.9. The van der Waals surface area contributed by atoms with Crippen LogP contribution in [0.3, 0.4) is 0 Å². The van der Waals surface area contributed by atoms with Crippen LogP contribution in [0.4, 0.5) is 5.13 Å². The number of anilines is 1. The molecule has 4 aliphatic heterocycles. The molecule has 24 heavy (non-hydrogen) atoms. The van der Waals surface area contributed by atoms with Crippen LogP contribution in [0.25, 0.3) is 10.2 Å². The van der Waals surface area contributed by atoms with Crippen LogP contribution >= 0.6 is 11.3 Å². The molecule has 1 aromatic carbocycles. The van der Waals surface area contributed by atoms with Crippen molar-refractivity contribution in [1.29, 1.82) is 0 Å². The smallest absolute Gasteiger partial charge is 0.189 e. The lowest BCUT2D eigenvalue weighted by atomic mass is 9.75.